The number of nitrogens with zero attached hydrogens (tertiary/aromatic N) is 1. The predicted molar refractivity (Wildman–Crippen MR) is 92.8 cm³/mol. The highest BCUT2D eigenvalue weighted by atomic mass is 16.5. The maximum Gasteiger partial charge on any atom is 0.266 e. The number of nitriles is 1. The molecule has 2 rings (SSSR count). The molecule has 0 aliphatic heterocycles. The van der Waals surface area contributed by atoms with Gasteiger partial charge in [-0.1, -0.05) is 18.2 Å². The lowest BCUT2D eigenvalue weighted by molar-refractivity contribution is -0.112. The van der Waals surface area contributed by atoms with Crippen LogP contribution in [0.3, 0.4) is 0 Å². The molecule has 0 saturated heterocycles. The van der Waals surface area contributed by atoms with Gasteiger partial charge in [0.05, 0.1) is 13.7 Å². The van der Waals surface area contributed by atoms with Crippen LogP contribution in [0.15, 0.2) is 54.1 Å². The van der Waals surface area contributed by atoms with Crippen LogP contribution < -0.4 is 14.8 Å². The fraction of sp³-hybridized carbons (Fsp3) is 0.158. The van der Waals surface area contributed by atoms with E-state index in [2.05, 4.69) is 5.32 Å². The molecular formula is C19H18N2O3. The molecule has 0 saturated carbocycles. The second-order valence-electron chi connectivity index (χ2n) is 4.82. The minimum Gasteiger partial charge on any atom is -0.497 e. The van der Waals surface area contributed by atoms with Crippen LogP contribution in [0.5, 0.6) is 11.5 Å². The van der Waals surface area contributed by atoms with E-state index >= 15 is 0 Å². The summed E-state index contributed by atoms with van der Waals surface area (Å²) in [6.07, 6.45) is 1.52. The quantitative estimate of drug-likeness (QED) is 0.651. The van der Waals surface area contributed by atoms with E-state index in [-0.39, 0.29) is 5.57 Å². The number of ether oxygens (including phenoxy) is 2. The van der Waals surface area contributed by atoms with Gasteiger partial charge in [0.25, 0.3) is 5.91 Å². The first-order valence-electron chi connectivity index (χ1n) is 7.47. The third kappa shape index (κ3) is 4.37. The Kier molecular flexibility index (Phi) is 5.98. The van der Waals surface area contributed by atoms with Crippen molar-refractivity contribution >= 4 is 17.7 Å². The highest BCUT2D eigenvalue weighted by Crippen LogP contribution is 2.22. The normalized spacial score (nSPS) is 10.6. The maximum atomic E-state index is 12.3. The summed E-state index contributed by atoms with van der Waals surface area (Å²) in [5, 5.41) is 12.0. The Morgan fingerprint density at radius 1 is 1.21 bits per heavy atom. The number of carbonyl (C=O) groups is 1. The topological polar surface area (TPSA) is 71.3 Å². The van der Waals surface area contributed by atoms with Crippen LogP contribution >= 0.6 is 0 Å². The van der Waals surface area contributed by atoms with Gasteiger partial charge in [-0.15, -0.1) is 0 Å². The molecule has 1 amide bonds. The van der Waals surface area contributed by atoms with Crippen molar-refractivity contribution in [1.82, 2.24) is 0 Å². The SMILES string of the molecule is CCOc1ccccc1/C=C(\C#N)C(=O)Nc1ccc(OC)cc1. The zero-order chi connectivity index (χ0) is 17.4. The summed E-state index contributed by atoms with van der Waals surface area (Å²) < 4.78 is 10.6. The predicted octanol–water partition coefficient (Wildman–Crippen LogP) is 3.64. The molecule has 5 heteroatoms. The van der Waals surface area contributed by atoms with E-state index in [9.17, 15) is 10.1 Å². The van der Waals surface area contributed by atoms with Gasteiger partial charge >= 0.3 is 0 Å². The van der Waals surface area contributed by atoms with Crippen molar-refractivity contribution in [3.63, 3.8) is 0 Å². The standard InChI is InChI=1S/C19H18N2O3/c1-3-24-18-7-5-4-6-14(18)12-15(13-20)19(22)21-16-8-10-17(23-2)11-9-16/h4-12H,3H2,1-2H3,(H,21,22)/b15-12+. The minimum absolute atomic E-state index is 0.00188. The number of methoxy groups -OCH3 is 1. The van der Waals surface area contributed by atoms with Crippen LogP contribution in [0, 0.1) is 11.3 Å². The average Bonchev–Trinajstić information content (AvgIpc) is 2.61. The van der Waals surface area contributed by atoms with E-state index in [1.807, 2.05) is 25.1 Å². The van der Waals surface area contributed by atoms with Gasteiger partial charge in [0, 0.05) is 11.3 Å². The van der Waals surface area contributed by atoms with E-state index in [1.54, 1.807) is 43.5 Å². The van der Waals surface area contributed by atoms with Gasteiger partial charge in [0.15, 0.2) is 0 Å². The van der Waals surface area contributed by atoms with Gasteiger partial charge < -0.3 is 14.8 Å². The van der Waals surface area contributed by atoms with Crippen LogP contribution in [0.25, 0.3) is 6.08 Å². The summed E-state index contributed by atoms with van der Waals surface area (Å²) in [6, 6.07) is 16.1. The fourth-order valence-electron chi connectivity index (χ4n) is 2.06. The number of carbonyl (C=O) groups excluding carboxylic acids is 1. The lowest BCUT2D eigenvalue weighted by atomic mass is 10.1. The van der Waals surface area contributed by atoms with Gasteiger partial charge in [0.1, 0.15) is 23.1 Å². The van der Waals surface area contributed by atoms with E-state index < -0.39 is 5.91 Å². The molecule has 0 radical (unpaired) electrons. The highest BCUT2D eigenvalue weighted by molar-refractivity contribution is 6.09. The monoisotopic (exact) mass is 322 g/mol. The number of amides is 1. The molecule has 0 spiro atoms. The van der Waals surface area contributed by atoms with Gasteiger partial charge in [0.2, 0.25) is 0 Å². The van der Waals surface area contributed by atoms with Gasteiger partial charge in [-0.05, 0) is 43.3 Å². The Morgan fingerprint density at radius 2 is 1.92 bits per heavy atom. The Morgan fingerprint density at radius 3 is 2.54 bits per heavy atom. The molecule has 0 fully saturated rings. The first kappa shape index (κ1) is 17.1. The molecule has 0 atom stereocenters. The van der Waals surface area contributed by atoms with Crippen molar-refractivity contribution in [3.8, 4) is 17.6 Å². The van der Waals surface area contributed by atoms with Gasteiger partial charge in [-0.25, -0.2) is 0 Å². The number of anilines is 1. The first-order chi connectivity index (χ1) is 11.7. The molecule has 24 heavy (non-hydrogen) atoms. The Balaban J connectivity index is 2.21. The van der Waals surface area contributed by atoms with Crippen LogP contribution in [0.1, 0.15) is 12.5 Å². The van der Waals surface area contributed by atoms with Crippen molar-refractivity contribution in [2.45, 2.75) is 6.92 Å². The number of para-hydroxylation sites is 1. The molecule has 0 unspecified atom stereocenters. The van der Waals surface area contributed by atoms with Crippen LogP contribution in [0.4, 0.5) is 5.69 Å². The second kappa shape index (κ2) is 8.39. The summed E-state index contributed by atoms with van der Waals surface area (Å²) in [7, 11) is 1.57. The smallest absolute Gasteiger partial charge is 0.266 e. The Labute approximate surface area is 141 Å². The summed E-state index contributed by atoms with van der Waals surface area (Å²) >= 11 is 0. The molecule has 5 nitrogen and oxygen atoms in total. The van der Waals surface area contributed by atoms with Crippen molar-refractivity contribution in [2.75, 3.05) is 19.0 Å². The number of rotatable bonds is 6. The lowest BCUT2D eigenvalue weighted by Gasteiger charge is -2.08. The Hall–Kier alpha value is -3.26. The van der Waals surface area contributed by atoms with Crippen molar-refractivity contribution in [2.24, 2.45) is 0 Å². The summed E-state index contributed by atoms with van der Waals surface area (Å²) in [5.41, 5.74) is 1.26. The van der Waals surface area contributed by atoms with Crippen LogP contribution in [0.2, 0.25) is 0 Å². The fourth-order valence-corrected chi connectivity index (χ4v) is 2.06. The molecule has 122 valence electrons. The molecule has 2 aromatic rings. The first-order valence-corrected chi connectivity index (χ1v) is 7.47. The Bertz CT molecular complexity index is 774. The number of hydrogen-bond donors (Lipinski definition) is 1. The largest absolute Gasteiger partial charge is 0.497 e. The molecular weight excluding hydrogens is 304 g/mol. The molecule has 0 aliphatic carbocycles. The molecule has 0 aromatic heterocycles. The molecule has 0 heterocycles. The summed E-state index contributed by atoms with van der Waals surface area (Å²) in [4.78, 5) is 12.3. The molecule has 0 bridgehead atoms. The van der Waals surface area contributed by atoms with E-state index in [1.165, 1.54) is 6.08 Å². The zero-order valence-corrected chi connectivity index (χ0v) is 13.6. The van der Waals surface area contributed by atoms with Crippen molar-refractivity contribution in [1.29, 1.82) is 5.26 Å². The number of hydrogen-bond acceptors (Lipinski definition) is 4. The maximum absolute atomic E-state index is 12.3. The summed E-state index contributed by atoms with van der Waals surface area (Å²) in [6.45, 7) is 2.38. The molecule has 1 N–H and O–H groups in total. The second-order valence-corrected chi connectivity index (χ2v) is 4.82. The van der Waals surface area contributed by atoms with E-state index in [0.29, 0.717) is 29.4 Å². The van der Waals surface area contributed by atoms with Gasteiger partial charge in [-0.3, -0.25) is 4.79 Å². The minimum atomic E-state index is -0.478. The zero-order valence-electron chi connectivity index (χ0n) is 13.6. The third-order valence-electron chi connectivity index (χ3n) is 3.23. The third-order valence-corrected chi connectivity index (χ3v) is 3.23. The molecule has 2 aromatic carbocycles. The van der Waals surface area contributed by atoms with E-state index in [4.69, 9.17) is 9.47 Å². The number of nitrogens with one attached hydrogen (secondary N) is 1. The van der Waals surface area contributed by atoms with E-state index in [0.717, 1.165) is 0 Å². The van der Waals surface area contributed by atoms with Crippen LogP contribution in [-0.4, -0.2) is 19.6 Å². The lowest BCUT2D eigenvalue weighted by Crippen LogP contribution is -2.13. The summed E-state index contributed by atoms with van der Waals surface area (Å²) in [5.74, 6) is 0.841. The highest BCUT2D eigenvalue weighted by Gasteiger charge is 2.11. The number of benzene rings is 2. The van der Waals surface area contributed by atoms with Gasteiger partial charge in [-0.2, -0.15) is 5.26 Å². The average molecular weight is 322 g/mol. The van der Waals surface area contributed by atoms with Crippen molar-refractivity contribution in [3.05, 3.63) is 59.7 Å². The van der Waals surface area contributed by atoms with Crippen molar-refractivity contribution < 1.29 is 14.3 Å². The molecule has 0 aliphatic rings. The van der Waals surface area contributed by atoms with Crippen LogP contribution in [-0.2, 0) is 4.79 Å².